The third-order valence-corrected chi connectivity index (χ3v) is 8.48. The highest BCUT2D eigenvalue weighted by Crippen LogP contribution is 2.35. The molecule has 0 heterocycles. The fraction of sp³-hybridized carbons (Fsp3) is 0.214. The quantitative estimate of drug-likeness (QED) is 0.229. The molecule has 0 N–H and O–H groups in total. The zero-order valence-corrected chi connectivity index (χ0v) is 21.2. The Balaban J connectivity index is 1.86. The first-order chi connectivity index (χ1) is 14.9. The molecule has 4 aromatic rings. The van der Waals surface area contributed by atoms with E-state index in [-0.39, 0.29) is 5.41 Å². The van der Waals surface area contributed by atoms with Gasteiger partial charge in [-0.25, -0.2) is 0 Å². The third kappa shape index (κ3) is 4.63. The molecule has 0 saturated carbocycles. The fourth-order valence-electron chi connectivity index (χ4n) is 3.90. The van der Waals surface area contributed by atoms with Crippen LogP contribution in [0.5, 0.6) is 5.75 Å². The summed E-state index contributed by atoms with van der Waals surface area (Å²) in [6, 6.07) is 30.3. The van der Waals surface area contributed by atoms with Crippen LogP contribution in [0, 0.1) is 6.92 Å². The van der Waals surface area contributed by atoms with Gasteiger partial charge in [0.25, 0.3) is 0 Å². The molecule has 0 aliphatic heterocycles. The standard InChI is InChI=1S/C28H28BrOSi/c1-20-25-16-15-22(28(2,3)4)17-21(25)18-27(26(20)19-29)30-31(23-11-7-5-8-12-23)24-13-9-6-10-14-24/h5-18H,19H2,1-4H3. The van der Waals surface area contributed by atoms with Gasteiger partial charge in [-0.3, -0.25) is 0 Å². The highest BCUT2D eigenvalue weighted by molar-refractivity contribution is 9.08. The average Bonchev–Trinajstić information content (AvgIpc) is 2.78. The number of rotatable bonds is 5. The molecule has 0 bridgehead atoms. The normalized spacial score (nSPS) is 11.8. The second kappa shape index (κ2) is 9.02. The van der Waals surface area contributed by atoms with Crippen molar-refractivity contribution < 1.29 is 4.43 Å². The van der Waals surface area contributed by atoms with Gasteiger partial charge in [0.2, 0.25) is 0 Å². The summed E-state index contributed by atoms with van der Waals surface area (Å²) in [5.74, 6) is 0.981. The van der Waals surface area contributed by atoms with Crippen molar-refractivity contribution in [1.82, 2.24) is 0 Å². The smallest absolute Gasteiger partial charge is 0.352 e. The van der Waals surface area contributed by atoms with E-state index in [1.54, 1.807) is 0 Å². The lowest BCUT2D eigenvalue weighted by Crippen LogP contribution is -2.47. The molecule has 4 rings (SSSR count). The molecule has 1 nitrogen and oxygen atoms in total. The number of benzene rings is 4. The monoisotopic (exact) mass is 487 g/mol. The molecule has 0 saturated heterocycles. The largest absolute Gasteiger partial charge is 0.532 e. The summed E-state index contributed by atoms with van der Waals surface area (Å²) in [6.45, 7) is 8.99. The molecule has 0 spiro atoms. The topological polar surface area (TPSA) is 9.23 Å². The third-order valence-electron chi connectivity index (χ3n) is 5.78. The highest BCUT2D eigenvalue weighted by atomic mass is 79.9. The molecule has 157 valence electrons. The SMILES string of the molecule is Cc1c(CBr)c(O[Si](c2ccccc2)c2ccccc2)cc2cc(C(C)(C)C)ccc12. The Morgan fingerprint density at radius 3 is 1.90 bits per heavy atom. The van der Waals surface area contributed by atoms with Gasteiger partial charge >= 0.3 is 9.04 Å². The van der Waals surface area contributed by atoms with E-state index in [0.717, 1.165) is 11.1 Å². The zero-order valence-electron chi connectivity index (χ0n) is 18.6. The maximum atomic E-state index is 6.89. The highest BCUT2D eigenvalue weighted by Gasteiger charge is 2.24. The Morgan fingerprint density at radius 1 is 0.806 bits per heavy atom. The van der Waals surface area contributed by atoms with Gasteiger partial charge in [-0.2, -0.15) is 0 Å². The minimum absolute atomic E-state index is 0.111. The molecule has 0 amide bonds. The van der Waals surface area contributed by atoms with E-state index in [1.807, 2.05) is 0 Å². The zero-order chi connectivity index (χ0) is 22.0. The lowest BCUT2D eigenvalue weighted by molar-refractivity contribution is 0.585. The molecule has 1 radical (unpaired) electrons. The van der Waals surface area contributed by atoms with Gasteiger partial charge in [0.1, 0.15) is 5.75 Å². The number of hydrogen-bond acceptors (Lipinski definition) is 1. The van der Waals surface area contributed by atoms with Gasteiger partial charge < -0.3 is 4.43 Å². The summed E-state index contributed by atoms with van der Waals surface area (Å²) in [5, 5.41) is 5.81. The first-order valence-electron chi connectivity index (χ1n) is 10.7. The minimum atomic E-state index is -1.43. The molecular weight excluding hydrogens is 460 g/mol. The Morgan fingerprint density at radius 2 is 1.39 bits per heavy atom. The van der Waals surface area contributed by atoms with Gasteiger partial charge in [-0.05, 0) is 50.7 Å². The molecule has 0 aliphatic rings. The van der Waals surface area contributed by atoms with Crippen molar-refractivity contribution in [2.24, 2.45) is 0 Å². The minimum Gasteiger partial charge on any atom is -0.532 e. The first kappa shape index (κ1) is 21.9. The van der Waals surface area contributed by atoms with Crippen LogP contribution in [0.4, 0.5) is 0 Å². The van der Waals surface area contributed by atoms with Gasteiger partial charge in [0.15, 0.2) is 0 Å². The lowest BCUT2D eigenvalue weighted by atomic mass is 9.85. The average molecular weight is 489 g/mol. The number of aryl methyl sites for hydroxylation is 1. The second-order valence-corrected chi connectivity index (χ2v) is 11.5. The first-order valence-corrected chi connectivity index (χ1v) is 13.2. The van der Waals surface area contributed by atoms with Crippen LogP contribution in [0.15, 0.2) is 84.9 Å². The molecule has 0 fully saturated rings. The summed E-state index contributed by atoms with van der Waals surface area (Å²) in [6.07, 6.45) is 0. The second-order valence-electron chi connectivity index (χ2n) is 8.96. The Kier molecular flexibility index (Phi) is 6.36. The van der Waals surface area contributed by atoms with E-state index in [0.29, 0.717) is 0 Å². The van der Waals surface area contributed by atoms with Crippen LogP contribution in [0.1, 0.15) is 37.5 Å². The maximum absolute atomic E-state index is 6.89. The van der Waals surface area contributed by atoms with Crippen LogP contribution in [0.3, 0.4) is 0 Å². The van der Waals surface area contributed by atoms with Gasteiger partial charge in [-0.1, -0.05) is 116 Å². The predicted molar refractivity (Wildman–Crippen MR) is 139 cm³/mol. The summed E-state index contributed by atoms with van der Waals surface area (Å²) < 4.78 is 6.89. The van der Waals surface area contributed by atoms with E-state index in [2.05, 4.69) is 129 Å². The van der Waals surface area contributed by atoms with Crippen LogP contribution < -0.4 is 14.8 Å². The van der Waals surface area contributed by atoms with Crippen LogP contribution in [-0.4, -0.2) is 9.04 Å². The molecule has 3 heteroatoms. The Hall–Kier alpha value is -2.36. The van der Waals surface area contributed by atoms with E-state index >= 15 is 0 Å². The van der Waals surface area contributed by atoms with Gasteiger partial charge in [0.05, 0.1) is 0 Å². The van der Waals surface area contributed by atoms with Crippen LogP contribution in [-0.2, 0) is 10.7 Å². The molecule has 31 heavy (non-hydrogen) atoms. The van der Waals surface area contributed by atoms with Crippen molar-refractivity contribution in [2.75, 3.05) is 0 Å². The summed E-state index contributed by atoms with van der Waals surface area (Å²) in [5.41, 5.74) is 3.96. The van der Waals surface area contributed by atoms with E-state index < -0.39 is 9.04 Å². The fourth-order valence-corrected chi connectivity index (χ4v) is 6.55. The van der Waals surface area contributed by atoms with Crippen LogP contribution >= 0.6 is 15.9 Å². The van der Waals surface area contributed by atoms with E-state index in [4.69, 9.17) is 4.43 Å². The van der Waals surface area contributed by atoms with E-state index in [9.17, 15) is 0 Å². The van der Waals surface area contributed by atoms with Crippen molar-refractivity contribution in [2.45, 2.75) is 38.4 Å². The Bertz CT molecular complexity index is 1140. The number of alkyl halides is 1. The predicted octanol–water partition coefficient (Wildman–Crippen LogP) is 6.53. The van der Waals surface area contributed by atoms with Crippen molar-refractivity contribution in [3.63, 3.8) is 0 Å². The van der Waals surface area contributed by atoms with Crippen molar-refractivity contribution in [3.8, 4) is 5.75 Å². The Labute approximate surface area is 195 Å². The van der Waals surface area contributed by atoms with Crippen LogP contribution in [0.2, 0.25) is 0 Å². The molecule has 4 aromatic carbocycles. The molecule has 0 aliphatic carbocycles. The maximum Gasteiger partial charge on any atom is 0.352 e. The summed E-state index contributed by atoms with van der Waals surface area (Å²) >= 11 is 3.72. The van der Waals surface area contributed by atoms with Crippen LogP contribution in [0.25, 0.3) is 10.8 Å². The molecular formula is C28H28BrOSi. The molecule has 0 atom stereocenters. The lowest BCUT2D eigenvalue weighted by Gasteiger charge is -2.23. The van der Waals surface area contributed by atoms with Gasteiger partial charge in [0, 0.05) is 10.9 Å². The number of halogens is 1. The molecule has 0 aromatic heterocycles. The van der Waals surface area contributed by atoms with Crippen molar-refractivity contribution in [3.05, 3.63) is 102 Å². The van der Waals surface area contributed by atoms with E-state index in [1.165, 1.54) is 37.8 Å². The summed E-state index contributed by atoms with van der Waals surface area (Å²) in [7, 11) is -1.43. The van der Waals surface area contributed by atoms with Crippen molar-refractivity contribution >= 4 is 46.1 Å². The van der Waals surface area contributed by atoms with Gasteiger partial charge in [-0.15, -0.1) is 0 Å². The molecule has 0 unspecified atom stereocenters. The number of hydrogen-bond donors (Lipinski definition) is 0. The number of fused-ring (bicyclic) bond motifs is 1. The van der Waals surface area contributed by atoms with Crippen molar-refractivity contribution in [1.29, 1.82) is 0 Å². The summed E-state index contributed by atoms with van der Waals surface area (Å²) in [4.78, 5) is 0.